The third-order valence-corrected chi connectivity index (χ3v) is 1.55. The van der Waals surface area contributed by atoms with Crippen LogP contribution in [0.1, 0.15) is 13.8 Å². The van der Waals surface area contributed by atoms with E-state index in [0.29, 0.717) is 0 Å². The van der Waals surface area contributed by atoms with Crippen molar-refractivity contribution >= 4 is 21.9 Å². The number of carboxylic acid groups (broad SMARTS) is 1. The van der Waals surface area contributed by atoms with Crippen molar-refractivity contribution < 1.29 is 9.90 Å². The van der Waals surface area contributed by atoms with Gasteiger partial charge in [0.1, 0.15) is 4.83 Å². The summed E-state index contributed by atoms with van der Waals surface area (Å²) in [5.74, 6) is -0.824. The molecule has 0 saturated carbocycles. The Morgan fingerprint density at radius 2 is 2.08 bits per heavy atom. The molecular formula is C9H16BrNO2. The normalized spacial score (nSPS) is 12.2. The largest absolute Gasteiger partial charge is 0.480 e. The molecule has 0 saturated heterocycles. The highest BCUT2D eigenvalue weighted by Gasteiger charge is 2.01. The molecule has 0 aliphatic carbocycles. The Balaban J connectivity index is 0. The summed E-state index contributed by atoms with van der Waals surface area (Å²) in [6.07, 6.45) is 3.74. The lowest BCUT2D eigenvalue weighted by Gasteiger charge is -1.93. The van der Waals surface area contributed by atoms with E-state index in [0.717, 1.165) is 5.70 Å². The molecule has 0 heterocycles. The van der Waals surface area contributed by atoms with Crippen LogP contribution in [0.4, 0.5) is 0 Å². The van der Waals surface area contributed by atoms with Crippen molar-refractivity contribution in [2.24, 2.45) is 0 Å². The quantitative estimate of drug-likeness (QED) is 0.596. The molecule has 0 aliphatic heterocycles. The monoisotopic (exact) mass is 249 g/mol. The minimum atomic E-state index is -0.824. The number of carboxylic acids is 1. The van der Waals surface area contributed by atoms with Crippen LogP contribution in [0.5, 0.6) is 0 Å². The van der Waals surface area contributed by atoms with E-state index >= 15 is 0 Å². The lowest BCUT2D eigenvalue weighted by atomic mass is 10.4. The fourth-order valence-electron chi connectivity index (χ4n) is 0.364. The number of allylic oxidation sites excluding steroid dienone is 2. The standard InChI is InChI=1S/C6H11N.C3H5BrO2/c1-4-6(5-2)7-3;1-2(4)3(5)6/h4-5,7H,1H2,2-3H3;2H,1H3,(H,5,6). The number of alkyl halides is 1. The molecular weight excluding hydrogens is 234 g/mol. The second kappa shape index (κ2) is 9.32. The maximum atomic E-state index is 9.65. The van der Waals surface area contributed by atoms with Gasteiger partial charge in [-0.1, -0.05) is 28.6 Å². The van der Waals surface area contributed by atoms with E-state index in [1.54, 1.807) is 13.0 Å². The van der Waals surface area contributed by atoms with Gasteiger partial charge in [-0.25, -0.2) is 0 Å². The molecule has 2 N–H and O–H groups in total. The second-order valence-electron chi connectivity index (χ2n) is 2.15. The van der Waals surface area contributed by atoms with Crippen molar-refractivity contribution in [3.05, 3.63) is 24.4 Å². The lowest BCUT2D eigenvalue weighted by molar-refractivity contribution is -0.135. The van der Waals surface area contributed by atoms with Crippen molar-refractivity contribution in [1.29, 1.82) is 0 Å². The maximum absolute atomic E-state index is 9.65. The Kier molecular flexibility index (Phi) is 10.6. The van der Waals surface area contributed by atoms with E-state index in [2.05, 4.69) is 27.8 Å². The van der Waals surface area contributed by atoms with Gasteiger partial charge in [0, 0.05) is 12.7 Å². The third-order valence-electron chi connectivity index (χ3n) is 1.16. The van der Waals surface area contributed by atoms with Gasteiger partial charge in [-0.15, -0.1) is 0 Å². The Bertz CT molecular complexity index is 188. The van der Waals surface area contributed by atoms with Gasteiger partial charge >= 0.3 is 5.97 Å². The van der Waals surface area contributed by atoms with E-state index in [-0.39, 0.29) is 0 Å². The van der Waals surface area contributed by atoms with Crippen LogP contribution in [0, 0.1) is 0 Å². The zero-order chi connectivity index (χ0) is 10.9. The van der Waals surface area contributed by atoms with Crippen LogP contribution in [0.15, 0.2) is 24.4 Å². The topological polar surface area (TPSA) is 49.3 Å². The number of likely N-dealkylation sites (N-methyl/N-ethyl adjacent to an activating group) is 1. The van der Waals surface area contributed by atoms with Crippen LogP contribution in [0.3, 0.4) is 0 Å². The minimum Gasteiger partial charge on any atom is -0.480 e. The average molecular weight is 250 g/mol. The average Bonchev–Trinajstić information content (AvgIpc) is 2.08. The predicted molar refractivity (Wildman–Crippen MR) is 59.0 cm³/mol. The highest BCUT2D eigenvalue weighted by Crippen LogP contribution is 1.93. The van der Waals surface area contributed by atoms with E-state index < -0.39 is 10.8 Å². The van der Waals surface area contributed by atoms with Gasteiger partial charge in [-0.2, -0.15) is 0 Å². The summed E-state index contributed by atoms with van der Waals surface area (Å²) in [6.45, 7) is 7.10. The molecule has 0 spiro atoms. The first kappa shape index (κ1) is 14.7. The van der Waals surface area contributed by atoms with E-state index in [1.807, 2.05) is 20.0 Å². The van der Waals surface area contributed by atoms with Crippen molar-refractivity contribution in [3.8, 4) is 0 Å². The van der Waals surface area contributed by atoms with E-state index in [1.165, 1.54) is 0 Å². The summed E-state index contributed by atoms with van der Waals surface area (Å²) in [5, 5.41) is 10.9. The summed E-state index contributed by atoms with van der Waals surface area (Å²) >= 11 is 2.84. The van der Waals surface area contributed by atoms with Gasteiger partial charge in [0.2, 0.25) is 0 Å². The first-order valence-corrected chi connectivity index (χ1v) is 4.74. The minimum absolute atomic E-state index is 0.419. The number of hydrogen-bond acceptors (Lipinski definition) is 2. The molecule has 0 fully saturated rings. The molecule has 0 radical (unpaired) electrons. The van der Waals surface area contributed by atoms with Gasteiger partial charge in [0.15, 0.2) is 0 Å². The molecule has 0 rings (SSSR count). The van der Waals surface area contributed by atoms with Crippen LogP contribution in [-0.2, 0) is 4.79 Å². The summed E-state index contributed by atoms with van der Waals surface area (Å²) < 4.78 is 0. The van der Waals surface area contributed by atoms with Crippen LogP contribution >= 0.6 is 15.9 Å². The van der Waals surface area contributed by atoms with Crippen LogP contribution < -0.4 is 5.32 Å². The zero-order valence-corrected chi connectivity index (χ0v) is 9.76. The fraction of sp³-hybridized carbons (Fsp3) is 0.444. The lowest BCUT2D eigenvalue weighted by Crippen LogP contribution is -2.06. The van der Waals surface area contributed by atoms with Gasteiger partial charge < -0.3 is 10.4 Å². The third kappa shape index (κ3) is 11.2. The SMILES string of the molecule is C=CC(=CC)NC.CC(Br)C(=O)O. The molecule has 0 aliphatic rings. The first-order chi connectivity index (χ1) is 5.99. The summed E-state index contributed by atoms with van der Waals surface area (Å²) in [7, 11) is 1.87. The number of hydrogen-bond donors (Lipinski definition) is 2. The van der Waals surface area contributed by atoms with Crippen LogP contribution in [0.2, 0.25) is 0 Å². The van der Waals surface area contributed by atoms with Gasteiger partial charge in [0.25, 0.3) is 0 Å². The van der Waals surface area contributed by atoms with E-state index in [4.69, 9.17) is 5.11 Å². The van der Waals surface area contributed by atoms with Gasteiger partial charge in [0.05, 0.1) is 0 Å². The van der Waals surface area contributed by atoms with Crippen molar-refractivity contribution in [1.82, 2.24) is 5.32 Å². The molecule has 0 bridgehead atoms. The molecule has 1 atom stereocenters. The number of halogens is 1. The molecule has 3 nitrogen and oxygen atoms in total. The fourth-order valence-corrected chi connectivity index (χ4v) is 0.364. The van der Waals surface area contributed by atoms with Crippen LogP contribution in [0.25, 0.3) is 0 Å². The second-order valence-corrected chi connectivity index (χ2v) is 3.53. The zero-order valence-electron chi connectivity index (χ0n) is 8.17. The van der Waals surface area contributed by atoms with Gasteiger partial charge in [-0.3, -0.25) is 4.79 Å². The van der Waals surface area contributed by atoms with Crippen molar-refractivity contribution in [2.75, 3.05) is 7.05 Å². The van der Waals surface area contributed by atoms with Crippen molar-refractivity contribution in [2.45, 2.75) is 18.7 Å². The summed E-state index contributed by atoms with van der Waals surface area (Å²) in [5.41, 5.74) is 1.07. The number of nitrogens with one attached hydrogen (secondary N) is 1. The molecule has 76 valence electrons. The van der Waals surface area contributed by atoms with Crippen molar-refractivity contribution in [3.63, 3.8) is 0 Å². The highest BCUT2D eigenvalue weighted by molar-refractivity contribution is 9.10. The Morgan fingerprint density at radius 1 is 1.69 bits per heavy atom. The Labute approximate surface area is 87.7 Å². The number of carbonyl (C=O) groups is 1. The Hall–Kier alpha value is -0.770. The molecule has 0 amide bonds. The Morgan fingerprint density at radius 3 is 2.08 bits per heavy atom. The summed E-state index contributed by atoms with van der Waals surface area (Å²) in [4.78, 5) is 9.23. The number of aliphatic carboxylic acids is 1. The summed E-state index contributed by atoms with van der Waals surface area (Å²) in [6, 6.07) is 0. The number of rotatable bonds is 3. The first-order valence-electron chi connectivity index (χ1n) is 3.82. The molecule has 4 heteroatoms. The molecule has 0 aromatic heterocycles. The van der Waals surface area contributed by atoms with E-state index in [9.17, 15) is 4.79 Å². The molecule has 1 unspecified atom stereocenters. The highest BCUT2D eigenvalue weighted by atomic mass is 79.9. The van der Waals surface area contributed by atoms with Crippen LogP contribution in [-0.4, -0.2) is 23.0 Å². The molecule has 0 aromatic rings. The smallest absolute Gasteiger partial charge is 0.316 e. The van der Waals surface area contributed by atoms with Gasteiger partial charge in [-0.05, 0) is 19.9 Å². The maximum Gasteiger partial charge on any atom is 0.316 e. The molecule has 13 heavy (non-hydrogen) atoms. The predicted octanol–water partition coefficient (Wildman–Crippen LogP) is 2.15. The molecule has 0 aromatic carbocycles.